The second-order valence-electron chi connectivity index (χ2n) is 8.73. The van der Waals surface area contributed by atoms with Gasteiger partial charge in [-0.25, -0.2) is 9.97 Å². The summed E-state index contributed by atoms with van der Waals surface area (Å²) in [5.74, 6) is -0.715. The van der Waals surface area contributed by atoms with E-state index in [0.29, 0.717) is 16.6 Å². The zero-order chi connectivity index (χ0) is 26.2. The summed E-state index contributed by atoms with van der Waals surface area (Å²) in [6.45, 7) is 2.07. The predicted molar refractivity (Wildman–Crippen MR) is 138 cm³/mol. The quantitative estimate of drug-likeness (QED) is 0.262. The lowest BCUT2D eigenvalue weighted by Gasteiger charge is -2.41. The molecule has 10 heteroatoms. The number of carboxylic acid groups (broad SMARTS) is 1. The number of ether oxygens (including phenoxy) is 2. The number of hydrogen-bond donors (Lipinski definition) is 3. The molecule has 37 heavy (non-hydrogen) atoms. The maximum atomic E-state index is 12.0. The highest BCUT2D eigenvalue weighted by atomic mass is 32.2. The fourth-order valence-corrected chi connectivity index (χ4v) is 4.96. The number of nitrogens with zero attached hydrogens (tertiary/aromatic N) is 2. The molecule has 1 aromatic heterocycles. The van der Waals surface area contributed by atoms with E-state index in [-0.39, 0.29) is 43.5 Å². The zero-order valence-corrected chi connectivity index (χ0v) is 21.1. The summed E-state index contributed by atoms with van der Waals surface area (Å²) in [5, 5.41) is 21.5. The summed E-state index contributed by atoms with van der Waals surface area (Å²) in [7, 11) is 0. The molecule has 2 aromatic carbocycles. The van der Waals surface area contributed by atoms with Crippen LogP contribution in [0.15, 0.2) is 72.1 Å². The summed E-state index contributed by atoms with van der Waals surface area (Å²) in [6, 6.07) is 16.6. The molecule has 1 saturated heterocycles. The van der Waals surface area contributed by atoms with Gasteiger partial charge in [0.2, 0.25) is 5.91 Å². The number of carboxylic acids is 1. The molecule has 9 nitrogen and oxygen atoms in total. The number of aromatic nitrogens is 2. The number of thioether (sulfide) groups is 1. The molecule has 0 aliphatic carbocycles. The molecule has 0 radical (unpaired) electrons. The van der Waals surface area contributed by atoms with E-state index in [4.69, 9.17) is 14.6 Å². The number of carbonyl (C=O) groups is 2. The Morgan fingerprint density at radius 1 is 0.973 bits per heavy atom. The number of hydrogen-bond acceptors (Lipinski definition) is 8. The van der Waals surface area contributed by atoms with Crippen molar-refractivity contribution >= 4 is 29.3 Å². The largest absolute Gasteiger partial charge is 0.481 e. The summed E-state index contributed by atoms with van der Waals surface area (Å²) < 4.78 is 12.8. The van der Waals surface area contributed by atoms with Gasteiger partial charge in [0.25, 0.3) is 0 Å². The SMILES string of the molecule is CC1C(CSc2ncccn2)OC(c2ccc(NC(=O)CCC(=O)O)cc2)OC1c1ccc(CO)cc1. The number of benzene rings is 2. The summed E-state index contributed by atoms with van der Waals surface area (Å²) in [5.41, 5.74) is 3.17. The van der Waals surface area contributed by atoms with Crippen molar-refractivity contribution in [3.8, 4) is 0 Å². The van der Waals surface area contributed by atoms with Gasteiger partial charge < -0.3 is 25.0 Å². The van der Waals surface area contributed by atoms with Crippen LogP contribution in [0.2, 0.25) is 0 Å². The molecule has 2 heterocycles. The molecule has 0 bridgehead atoms. The smallest absolute Gasteiger partial charge is 0.303 e. The third-order valence-corrected chi connectivity index (χ3v) is 7.04. The molecule has 3 aromatic rings. The highest BCUT2D eigenvalue weighted by molar-refractivity contribution is 7.99. The van der Waals surface area contributed by atoms with Crippen LogP contribution < -0.4 is 5.32 Å². The van der Waals surface area contributed by atoms with Gasteiger partial charge in [0.05, 0.1) is 25.2 Å². The van der Waals surface area contributed by atoms with Gasteiger partial charge in [-0.05, 0) is 29.3 Å². The molecule has 3 N–H and O–H groups in total. The maximum absolute atomic E-state index is 12.0. The minimum Gasteiger partial charge on any atom is -0.481 e. The van der Waals surface area contributed by atoms with E-state index in [1.807, 2.05) is 36.4 Å². The van der Waals surface area contributed by atoms with E-state index >= 15 is 0 Å². The molecule has 0 saturated carbocycles. The highest BCUT2D eigenvalue weighted by Gasteiger charge is 2.38. The Hall–Kier alpha value is -3.31. The fraction of sp³-hybridized carbons (Fsp3) is 0.333. The molecular formula is C27H29N3O6S. The van der Waals surface area contributed by atoms with Crippen LogP contribution in [0.3, 0.4) is 0 Å². The average molecular weight is 524 g/mol. The molecule has 4 rings (SSSR count). The normalized spacial score (nSPS) is 21.4. The van der Waals surface area contributed by atoms with E-state index < -0.39 is 12.3 Å². The minimum atomic E-state index is -1.02. The number of anilines is 1. The second-order valence-corrected chi connectivity index (χ2v) is 9.72. The van der Waals surface area contributed by atoms with Crippen LogP contribution in [0.4, 0.5) is 5.69 Å². The number of aliphatic carboxylic acids is 1. The van der Waals surface area contributed by atoms with Crippen molar-refractivity contribution in [2.45, 2.75) is 50.0 Å². The molecular weight excluding hydrogens is 494 g/mol. The zero-order valence-electron chi connectivity index (χ0n) is 20.3. The van der Waals surface area contributed by atoms with Crippen molar-refractivity contribution in [2.75, 3.05) is 11.1 Å². The van der Waals surface area contributed by atoms with Gasteiger partial charge >= 0.3 is 5.97 Å². The topological polar surface area (TPSA) is 131 Å². The molecule has 0 spiro atoms. The Kier molecular flexibility index (Phi) is 9.24. The van der Waals surface area contributed by atoms with Crippen molar-refractivity contribution in [3.63, 3.8) is 0 Å². The van der Waals surface area contributed by atoms with Crippen LogP contribution in [-0.4, -0.2) is 43.9 Å². The Labute approximate surface area is 219 Å². The van der Waals surface area contributed by atoms with Gasteiger partial charge in [0.1, 0.15) is 0 Å². The van der Waals surface area contributed by atoms with E-state index in [1.165, 1.54) is 11.8 Å². The average Bonchev–Trinajstić information content (AvgIpc) is 2.92. The van der Waals surface area contributed by atoms with Crippen LogP contribution in [0.5, 0.6) is 0 Å². The molecule has 1 amide bonds. The van der Waals surface area contributed by atoms with Crippen LogP contribution >= 0.6 is 11.8 Å². The van der Waals surface area contributed by atoms with Crippen LogP contribution in [0.1, 0.15) is 48.8 Å². The van der Waals surface area contributed by atoms with E-state index in [1.54, 1.807) is 30.6 Å². The second kappa shape index (κ2) is 12.8. The van der Waals surface area contributed by atoms with Crippen LogP contribution in [0.25, 0.3) is 0 Å². The highest BCUT2D eigenvalue weighted by Crippen LogP contribution is 2.42. The molecule has 194 valence electrons. The van der Waals surface area contributed by atoms with Crippen LogP contribution in [-0.2, 0) is 25.7 Å². The first kappa shape index (κ1) is 26.7. The van der Waals surface area contributed by atoms with Crippen molar-refractivity contribution in [1.82, 2.24) is 9.97 Å². The Balaban J connectivity index is 1.50. The summed E-state index contributed by atoms with van der Waals surface area (Å²) >= 11 is 1.52. The fourth-order valence-electron chi connectivity index (χ4n) is 3.99. The van der Waals surface area contributed by atoms with Gasteiger partial charge in [-0.1, -0.05) is 55.1 Å². The molecule has 4 atom stereocenters. The Morgan fingerprint density at radius 2 is 1.65 bits per heavy atom. The first-order chi connectivity index (χ1) is 17.9. The van der Waals surface area contributed by atoms with Gasteiger partial charge in [0.15, 0.2) is 11.4 Å². The number of amides is 1. The Bertz CT molecular complexity index is 1180. The number of carbonyl (C=O) groups excluding carboxylic acids is 1. The van der Waals surface area contributed by atoms with Gasteiger partial charge in [0, 0.05) is 41.7 Å². The third-order valence-electron chi connectivity index (χ3n) is 6.07. The van der Waals surface area contributed by atoms with Crippen LogP contribution in [0, 0.1) is 5.92 Å². The lowest BCUT2D eigenvalue weighted by atomic mass is 9.91. The Morgan fingerprint density at radius 3 is 2.30 bits per heavy atom. The predicted octanol–water partition coefficient (Wildman–Crippen LogP) is 4.36. The number of rotatable bonds is 10. The molecule has 1 aliphatic heterocycles. The van der Waals surface area contributed by atoms with Crippen molar-refractivity contribution in [3.05, 3.63) is 83.7 Å². The first-order valence-electron chi connectivity index (χ1n) is 11.9. The van der Waals surface area contributed by atoms with Gasteiger partial charge in [-0.2, -0.15) is 0 Å². The number of aliphatic hydroxyl groups excluding tert-OH is 1. The van der Waals surface area contributed by atoms with E-state index in [0.717, 1.165) is 16.7 Å². The number of aliphatic hydroxyl groups is 1. The van der Waals surface area contributed by atoms with Gasteiger partial charge in [-0.15, -0.1) is 0 Å². The monoisotopic (exact) mass is 523 g/mol. The van der Waals surface area contributed by atoms with E-state index in [9.17, 15) is 14.7 Å². The molecule has 1 aliphatic rings. The maximum Gasteiger partial charge on any atom is 0.303 e. The first-order valence-corrected chi connectivity index (χ1v) is 12.9. The lowest BCUT2D eigenvalue weighted by molar-refractivity contribution is -0.268. The molecule has 1 fully saturated rings. The number of nitrogens with one attached hydrogen (secondary N) is 1. The minimum absolute atomic E-state index is 0.0252. The molecule has 4 unspecified atom stereocenters. The summed E-state index contributed by atoms with van der Waals surface area (Å²) in [4.78, 5) is 31.2. The lowest BCUT2D eigenvalue weighted by Crippen LogP contribution is -2.38. The van der Waals surface area contributed by atoms with Gasteiger partial charge in [-0.3, -0.25) is 9.59 Å². The van der Waals surface area contributed by atoms with Crippen molar-refractivity contribution in [2.24, 2.45) is 5.92 Å². The summed E-state index contributed by atoms with van der Waals surface area (Å²) in [6.07, 6.45) is 2.05. The van der Waals surface area contributed by atoms with Crippen molar-refractivity contribution in [1.29, 1.82) is 0 Å². The van der Waals surface area contributed by atoms with Crippen molar-refractivity contribution < 1.29 is 29.3 Å². The third kappa shape index (κ3) is 7.36. The standard InChI is InChI=1S/C27H29N3O6S/c1-17-22(16-37-27-28-13-2-14-29-27)35-26(36-25(17)19-5-3-18(15-31)4-6-19)20-7-9-21(10-8-20)30-23(32)11-12-24(33)34/h2-10,13-14,17,22,25-26,31H,11-12,15-16H2,1H3,(H,30,32)(H,33,34). The van der Waals surface area contributed by atoms with E-state index in [2.05, 4.69) is 22.2 Å².